The zero-order valence-electron chi connectivity index (χ0n) is 16.0. The molecule has 0 unspecified atom stereocenters. The van der Waals surface area contributed by atoms with Crippen LogP contribution in [0.3, 0.4) is 0 Å². The third-order valence-corrected chi connectivity index (χ3v) is 7.26. The molecule has 0 bridgehead atoms. The summed E-state index contributed by atoms with van der Waals surface area (Å²) < 4.78 is 2.27. The van der Waals surface area contributed by atoms with Gasteiger partial charge in [-0.25, -0.2) is 0 Å². The maximum atomic E-state index is 5.86. The maximum absolute atomic E-state index is 5.86. The molecule has 2 N–H and O–H groups in total. The molecule has 0 aliphatic heterocycles. The quantitative estimate of drug-likeness (QED) is 0.509. The van der Waals surface area contributed by atoms with E-state index in [1.54, 1.807) is 0 Å². The number of rotatable bonds is 7. The van der Waals surface area contributed by atoms with Gasteiger partial charge in [0.2, 0.25) is 0 Å². The number of benzene rings is 1. The zero-order valence-corrected chi connectivity index (χ0v) is 19.2. The molecule has 1 aliphatic carbocycles. The van der Waals surface area contributed by atoms with Crippen LogP contribution in [-0.2, 0) is 6.54 Å². The molecule has 0 radical (unpaired) electrons. The summed E-state index contributed by atoms with van der Waals surface area (Å²) in [7, 11) is 0. The minimum Gasteiger partial charge on any atom is -0.330 e. The van der Waals surface area contributed by atoms with Crippen LogP contribution in [0.4, 0.5) is 0 Å². The standard InChI is InChI=1S/C21H34Br2N2/c1-21(2,3)10-11-25(14-17-6-4-16(13-24)5-7-17)15-18-8-9-19(22)20(23)12-18/h8-9,12,16-17H,4-7,10-11,13-15,24H2,1-3H3. The Morgan fingerprint density at radius 3 is 2.24 bits per heavy atom. The van der Waals surface area contributed by atoms with Gasteiger partial charge in [0, 0.05) is 22.0 Å². The molecule has 0 saturated heterocycles. The van der Waals surface area contributed by atoms with Gasteiger partial charge < -0.3 is 5.73 Å². The maximum Gasteiger partial charge on any atom is 0.0320 e. The average Bonchev–Trinajstić information content (AvgIpc) is 2.56. The third kappa shape index (κ3) is 7.70. The molecule has 142 valence electrons. The topological polar surface area (TPSA) is 29.3 Å². The SMILES string of the molecule is CC(C)(C)CCN(Cc1ccc(Br)c(Br)c1)CC1CCC(CN)CC1. The van der Waals surface area contributed by atoms with Crippen LogP contribution in [0.25, 0.3) is 0 Å². The Morgan fingerprint density at radius 1 is 1.04 bits per heavy atom. The molecule has 1 saturated carbocycles. The van der Waals surface area contributed by atoms with Crippen molar-refractivity contribution in [2.24, 2.45) is 23.0 Å². The Morgan fingerprint density at radius 2 is 1.68 bits per heavy atom. The van der Waals surface area contributed by atoms with Crippen molar-refractivity contribution >= 4 is 31.9 Å². The Labute approximate surface area is 171 Å². The predicted molar refractivity (Wildman–Crippen MR) is 116 cm³/mol. The van der Waals surface area contributed by atoms with Gasteiger partial charge in [-0.15, -0.1) is 0 Å². The monoisotopic (exact) mass is 472 g/mol. The summed E-state index contributed by atoms with van der Waals surface area (Å²) in [5.41, 5.74) is 7.63. The van der Waals surface area contributed by atoms with E-state index in [1.807, 2.05) is 0 Å². The van der Waals surface area contributed by atoms with Crippen molar-refractivity contribution in [2.45, 2.75) is 59.4 Å². The van der Waals surface area contributed by atoms with E-state index < -0.39 is 0 Å². The van der Waals surface area contributed by atoms with E-state index in [4.69, 9.17) is 5.73 Å². The molecule has 0 heterocycles. The van der Waals surface area contributed by atoms with Gasteiger partial charge >= 0.3 is 0 Å². The van der Waals surface area contributed by atoms with E-state index in [0.29, 0.717) is 5.41 Å². The average molecular weight is 474 g/mol. The molecule has 1 aromatic rings. The number of nitrogens with two attached hydrogens (primary N) is 1. The Hall–Kier alpha value is 0.1000. The summed E-state index contributed by atoms with van der Waals surface area (Å²) in [4.78, 5) is 2.67. The highest BCUT2D eigenvalue weighted by Gasteiger charge is 2.23. The summed E-state index contributed by atoms with van der Waals surface area (Å²) in [6.45, 7) is 11.3. The fourth-order valence-corrected chi connectivity index (χ4v) is 4.31. The highest BCUT2D eigenvalue weighted by Crippen LogP contribution is 2.30. The smallest absolute Gasteiger partial charge is 0.0320 e. The van der Waals surface area contributed by atoms with Gasteiger partial charge in [-0.3, -0.25) is 4.90 Å². The van der Waals surface area contributed by atoms with Gasteiger partial charge in [0.15, 0.2) is 0 Å². The zero-order chi connectivity index (χ0) is 18.4. The molecule has 0 amide bonds. The van der Waals surface area contributed by atoms with Gasteiger partial charge in [-0.1, -0.05) is 26.8 Å². The van der Waals surface area contributed by atoms with Crippen molar-refractivity contribution in [3.63, 3.8) is 0 Å². The normalized spacial score (nSPS) is 21.7. The Bertz CT molecular complexity index is 531. The molecule has 25 heavy (non-hydrogen) atoms. The van der Waals surface area contributed by atoms with E-state index in [-0.39, 0.29) is 0 Å². The molecule has 2 rings (SSSR count). The molecule has 4 heteroatoms. The minimum absolute atomic E-state index is 0.385. The van der Waals surface area contributed by atoms with E-state index in [1.165, 1.54) is 50.8 Å². The molecule has 0 aromatic heterocycles. The van der Waals surface area contributed by atoms with Crippen LogP contribution in [0, 0.1) is 17.3 Å². The van der Waals surface area contributed by atoms with Crippen LogP contribution in [0.2, 0.25) is 0 Å². The number of halogens is 2. The Kier molecular flexibility index (Phi) is 8.45. The second-order valence-corrected chi connectivity index (χ2v) is 10.6. The highest BCUT2D eigenvalue weighted by molar-refractivity contribution is 9.13. The van der Waals surface area contributed by atoms with E-state index in [0.717, 1.165) is 33.9 Å². The predicted octanol–water partition coefficient (Wildman–Crippen LogP) is 6.21. The molecular formula is C21H34Br2N2. The van der Waals surface area contributed by atoms with Crippen molar-refractivity contribution in [1.82, 2.24) is 4.90 Å². The molecule has 1 aromatic carbocycles. The van der Waals surface area contributed by atoms with Gasteiger partial charge in [-0.05, 0) is 112 Å². The van der Waals surface area contributed by atoms with Crippen molar-refractivity contribution < 1.29 is 0 Å². The van der Waals surface area contributed by atoms with Crippen molar-refractivity contribution in [3.8, 4) is 0 Å². The lowest BCUT2D eigenvalue weighted by Gasteiger charge is -2.34. The van der Waals surface area contributed by atoms with Crippen LogP contribution in [0.1, 0.15) is 58.4 Å². The third-order valence-electron chi connectivity index (χ3n) is 5.38. The van der Waals surface area contributed by atoms with Crippen LogP contribution in [-0.4, -0.2) is 24.5 Å². The minimum atomic E-state index is 0.385. The number of nitrogens with zero attached hydrogens (tertiary/aromatic N) is 1. The van der Waals surface area contributed by atoms with Gasteiger partial charge in [-0.2, -0.15) is 0 Å². The van der Waals surface area contributed by atoms with E-state index >= 15 is 0 Å². The Balaban J connectivity index is 1.98. The second kappa shape index (κ2) is 9.87. The summed E-state index contributed by atoms with van der Waals surface area (Å²) in [5.74, 6) is 1.60. The lowest BCUT2D eigenvalue weighted by Crippen LogP contribution is -2.34. The summed E-state index contributed by atoms with van der Waals surface area (Å²) >= 11 is 7.22. The largest absolute Gasteiger partial charge is 0.330 e. The number of hydrogen-bond acceptors (Lipinski definition) is 2. The fraction of sp³-hybridized carbons (Fsp3) is 0.714. The van der Waals surface area contributed by atoms with Crippen molar-refractivity contribution in [2.75, 3.05) is 19.6 Å². The molecule has 2 nitrogen and oxygen atoms in total. The van der Waals surface area contributed by atoms with Crippen LogP contribution < -0.4 is 5.73 Å². The van der Waals surface area contributed by atoms with E-state index in [2.05, 4.69) is 75.7 Å². The first kappa shape index (κ1) is 21.4. The molecule has 0 spiro atoms. The fourth-order valence-electron chi connectivity index (χ4n) is 3.64. The van der Waals surface area contributed by atoms with Crippen LogP contribution in [0.5, 0.6) is 0 Å². The van der Waals surface area contributed by atoms with Crippen LogP contribution in [0.15, 0.2) is 27.1 Å². The highest BCUT2D eigenvalue weighted by atomic mass is 79.9. The molecular weight excluding hydrogens is 440 g/mol. The van der Waals surface area contributed by atoms with Crippen LogP contribution >= 0.6 is 31.9 Å². The van der Waals surface area contributed by atoms with Gasteiger partial charge in [0.25, 0.3) is 0 Å². The lowest BCUT2D eigenvalue weighted by molar-refractivity contribution is 0.159. The van der Waals surface area contributed by atoms with Gasteiger partial charge in [0.1, 0.15) is 0 Å². The molecule has 1 aliphatic rings. The summed E-state index contributed by atoms with van der Waals surface area (Å²) in [6, 6.07) is 6.64. The second-order valence-electron chi connectivity index (χ2n) is 8.92. The number of hydrogen-bond donors (Lipinski definition) is 1. The summed E-state index contributed by atoms with van der Waals surface area (Å²) in [6.07, 6.45) is 6.56. The van der Waals surface area contributed by atoms with Gasteiger partial charge in [0.05, 0.1) is 0 Å². The molecule has 0 atom stereocenters. The first-order valence-electron chi connectivity index (χ1n) is 9.63. The summed E-state index contributed by atoms with van der Waals surface area (Å²) in [5, 5.41) is 0. The van der Waals surface area contributed by atoms with Crippen molar-refractivity contribution in [1.29, 1.82) is 0 Å². The van der Waals surface area contributed by atoms with E-state index in [9.17, 15) is 0 Å². The first-order valence-corrected chi connectivity index (χ1v) is 11.2. The van der Waals surface area contributed by atoms with Crippen molar-refractivity contribution in [3.05, 3.63) is 32.7 Å². The lowest BCUT2D eigenvalue weighted by atomic mass is 9.81. The first-order chi connectivity index (χ1) is 11.8. The molecule has 1 fully saturated rings.